The van der Waals surface area contributed by atoms with Crippen molar-refractivity contribution in [3.8, 4) is 5.75 Å². The maximum Gasteiger partial charge on any atom is 0.340 e. The summed E-state index contributed by atoms with van der Waals surface area (Å²) < 4.78 is 36.7. The molecule has 27 heavy (non-hydrogen) atoms. The number of benzene rings is 1. The highest BCUT2D eigenvalue weighted by Crippen LogP contribution is 2.23. The Balaban J connectivity index is 1.58. The van der Waals surface area contributed by atoms with Gasteiger partial charge in [0.25, 0.3) is 15.9 Å². The molecule has 0 saturated carbocycles. The van der Waals surface area contributed by atoms with Crippen LogP contribution >= 0.6 is 0 Å². The van der Waals surface area contributed by atoms with Gasteiger partial charge in [-0.25, -0.2) is 13.2 Å². The molecule has 2 aliphatic heterocycles. The maximum absolute atomic E-state index is 12.1. The number of carbonyl (C=O) groups excluding carboxylic acids is 2. The van der Waals surface area contributed by atoms with Gasteiger partial charge in [-0.05, 0) is 24.3 Å². The average Bonchev–Trinajstić information content (AvgIpc) is 2.65. The summed E-state index contributed by atoms with van der Waals surface area (Å²) in [6, 6.07) is 6.85. The lowest BCUT2D eigenvalue weighted by molar-refractivity contribution is -0.143. The third-order valence-corrected chi connectivity index (χ3v) is 4.94. The van der Waals surface area contributed by atoms with Crippen LogP contribution in [0.25, 0.3) is 0 Å². The van der Waals surface area contributed by atoms with Crippen LogP contribution in [0, 0.1) is 0 Å². The fourth-order valence-corrected chi connectivity index (χ4v) is 3.44. The zero-order valence-electron chi connectivity index (χ0n) is 14.4. The second-order valence-corrected chi connectivity index (χ2v) is 7.43. The normalized spacial score (nSPS) is 17.3. The van der Waals surface area contributed by atoms with Crippen LogP contribution in [0.5, 0.6) is 5.75 Å². The van der Waals surface area contributed by atoms with E-state index in [1.807, 2.05) is 0 Å². The van der Waals surface area contributed by atoms with Crippen molar-refractivity contribution in [2.45, 2.75) is 0 Å². The smallest absolute Gasteiger partial charge is 0.340 e. The predicted octanol–water partition coefficient (Wildman–Crippen LogP) is 0.675. The number of fused-ring (bicyclic) bond motifs is 1. The Labute approximate surface area is 156 Å². The number of hydrogen-bond donors (Lipinski definition) is 1. The number of amidine groups is 1. The summed E-state index contributed by atoms with van der Waals surface area (Å²) in [7, 11) is -1.98. The summed E-state index contributed by atoms with van der Waals surface area (Å²) in [6.45, 7) is -0.284. The third kappa shape index (κ3) is 4.53. The number of sulfonamides is 1. The monoisotopic (exact) mass is 391 g/mol. The number of esters is 1. The fourth-order valence-electron chi connectivity index (χ4n) is 2.47. The Kier molecular flexibility index (Phi) is 5.26. The van der Waals surface area contributed by atoms with Crippen molar-refractivity contribution in [3.63, 3.8) is 0 Å². The maximum atomic E-state index is 12.1. The molecule has 2 aliphatic rings. The van der Waals surface area contributed by atoms with E-state index in [2.05, 4.69) is 9.71 Å². The molecule has 2 heterocycles. The van der Waals surface area contributed by atoms with Gasteiger partial charge in [-0.1, -0.05) is 12.1 Å². The van der Waals surface area contributed by atoms with Gasteiger partial charge in [-0.3, -0.25) is 4.79 Å². The van der Waals surface area contributed by atoms with Gasteiger partial charge in [-0.15, -0.1) is 4.40 Å². The van der Waals surface area contributed by atoms with E-state index in [1.165, 1.54) is 25.5 Å². The molecule has 9 nitrogen and oxygen atoms in total. The van der Waals surface area contributed by atoms with E-state index in [9.17, 15) is 18.0 Å². The molecule has 3 rings (SSSR count). The number of carbonyl (C=O) groups is 2. The number of ether oxygens (including phenoxy) is 2. The summed E-state index contributed by atoms with van der Waals surface area (Å²) in [5.41, 5.74) is 0.659. The van der Waals surface area contributed by atoms with Gasteiger partial charge in [0.1, 0.15) is 11.6 Å². The zero-order chi connectivity index (χ0) is 19.4. The van der Waals surface area contributed by atoms with E-state index in [1.54, 1.807) is 29.2 Å². The number of amides is 1. The quantitative estimate of drug-likeness (QED) is 0.734. The molecule has 0 saturated heterocycles. The number of anilines is 1. The predicted molar refractivity (Wildman–Crippen MR) is 97.7 cm³/mol. The summed E-state index contributed by atoms with van der Waals surface area (Å²) in [6.07, 6.45) is 4.27. The summed E-state index contributed by atoms with van der Waals surface area (Å²) in [5, 5.41) is 2.60. The molecule has 0 unspecified atom stereocenters. The summed E-state index contributed by atoms with van der Waals surface area (Å²) >= 11 is 0. The van der Waals surface area contributed by atoms with Gasteiger partial charge in [-0.2, -0.15) is 0 Å². The van der Waals surface area contributed by atoms with E-state index >= 15 is 0 Å². The van der Waals surface area contributed by atoms with Crippen LogP contribution in [-0.2, 0) is 24.3 Å². The first-order chi connectivity index (χ1) is 12.9. The van der Waals surface area contributed by atoms with Gasteiger partial charge in [0.15, 0.2) is 6.61 Å². The molecule has 0 fully saturated rings. The fraction of sp³-hybridized carbons (Fsp3) is 0.235. The average molecular weight is 391 g/mol. The first-order valence-corrected chi connectivity index (χ1v) is 9.58. The van der Waals surface area contributed by atoms with E-state index in [0.29, 0.717) is 11.4 Å². The van der Waals surface area contributed by atoms with E-state index in [-0.39, 0.29) is 23.7 Å². The Hall–Kier alpha value is -3.14. The number of nitrogens with one attached hydrogen (secondary N) is 1. The van der Waals surface area contributed by atoms with E-state index < -0.39 is 28.5 Å². The van der Waals surface area contributed by atoms with Crippen molar-refractivity contribution in [1.29, 1.82) is 0 Å². The summed E-state index contributed by atoms with van der Waals surface area (Å²) in [5.74, 6) is -0.619. The molecular weight excluding hydrogens is 374 g/mol. The highest BCUT2D eigenvalue weighted by molar-refractivity contribution is 7.90. The number of nitrogens with zero attached hydrogens (tertiary/aromatic N) is 2. The van der Waals surface area contributed by atoms with Crippen molar-refractivity contribution < 1.29 is 27.5 Å². The van der Waals surface area contributed by atoms with Crippen LogP contribution in [0.4, 0.5) is 5.69 Å². The number of para-hydroxylation sites is 2. The molecule has 142 valence electrons. The summed E-state index contributed by atoms with van der Waals surface area (Å²) in [4.78, 5) is 25.7. The molecule has 1 amide bonds. The SMILES string of the molecule is COc1ccccc1NC(=O)COC(=O)C1=CN2CCS(=O)(=O)N=C2C=C1. The van der Waals surface area contributed by atoms with E-state index in [0.717, 1.165) is 0 Å². The number of rotatable bonds is 5. The zero-order valence-corrected chi connectivity index (χ0v) is 15.2. The van der Waals surface area contributed by atoms with Crippen molar-refractivity contribution in [1.82, 2.24) is 4.90 Å². The second kappa shape index (κ2) is 7.62. The Morgan fingerprint density at radius 3 is 2.81 bits per heavy atom. The van der Waals surface area contributed by atoms with Crippen molar-refractivity contribution >= 4 is 33.4 Å². The molecule has 0 bridgehead atoms. The minimum atomic E-state index is -3.46. The lowest BCUT2D eigenvalue weighted by Gasteiger charge is -2.26. The van der Waals surface area contributed by atoms with Crippen LogP contribution in [0.1, 0.15) is 0 Å². The Morgan fingerprint density at radius 2 is 2.04 bits per heavy atom. The molecule has 0 atom stereocenters. The van der Waals surface area contributed by atoms with Crippen LogP contribution in [0.3, 0.4) is 0 Å². The van der Waals surface area contributed by atoms with E-state index in [4.69, 9.17) is 9.47 Å². The van der Waals surface area contributed by atoms with Crippen LogP contribution < -0.4 is 10.1 Å². The molecule has 1 N–H and O–H groups in total. The highest BCUT2D eigenvalue weighted by Gasteiger charge is 2.25. The minimum Gasteiger partial charge on any atom is -0.495 e. The van der Waals surface area contributed by atoms with Crippen LogP contribution in [-0.4, -0.2) is 57.0 Å². The van der Waals surface area contributed by atoms with Crippen LogP contribution in [0.15, 0.2) is 52.6 Å². The lowest BCUT2D eigenvalue weighted by atomic mass is 10.2. The van der Waals surface area contributed by atoms with Gasteiger partial charge >= 0.3 is 5.97 Å². The molecule has 0 spiro atoms. The lowest BCUT2D eigenvalue weighted by Crippen LogP contribution is -2.37. The minimum absolute atomic E-state index is 0.134. The first kappa shape index (κ1) is 18.6. The Morgan fingerprint density at radius 1 is 1.26 bits per heavy atom. The molecular formula is C17H17N3O6S. The molecule has 10 heteroatoms. The highest BCUT2D eigenvalue weighted by atomic mass is 32.2. The molecule has 1 aromatic carbocycles. The van der Waals surface area contributed by atoms with Crippen LogP contribution in [0.2, 0.25) is 0 Å². The topological polar surface area (TPSA) is 114 Å². The van der Waals surface area contributed by atoms with Gasteiger partial charge < -0.3 is 19.7 Å². The van der Waals surface area contributed by atoms with Crippen molar-refractivity contribution in [2.75, 3.05) is 31.3 Å². The van der Waals surface area contributed by atoms with Crippen molar-refractivity contribution in [2.24, 2.45) is 4.40 Å². The van der Waals surface area contributed by atoms with Gasteiger partial charge in [0.2, 0.25) is 0 Å². The third-order valence-electron chi connectivity index (χ3n) is 3.78. The molecule has 0 radical (unpaired) electrons. The molecule has 1 aromatic rings. The second-order valence-electron chi connectivity index (χ2n) is 5.67. The standard InChI is InChI=1S/C17H17N3O6S/c1-25-14-5-3-2-4-13(14)18-16(21)11-26-17(22)12-6-7-15-19-27(23,24)9-8-20(15)10-12/h2-7,10H,8-9,11H2,1H3,(H,18,21). The molecule has 0 aliphatic carbocycles. The number of hydrogen-bond acceptors (Lipinski definition) is 7. The van der Waals surface area contributed by atoms with Crippen molar-refractivity contribution in [3.05, 3.63) is 48.2 Å². The first-order valence-electron chi connectivity index (χ1n) is 7.97. The largest absolute Gasteiger partial charge is 0.495 e. The molecule has 0 aromatic heterocycles. The number of methoxy groups -OCH3 is 1. The van der Waals surface area contributed by atoms with Gasteiger partial charge in [0.05, 0.1) is 24.1 Å². The Bertz CT molecular complexity index is 965. The van der Waals surface area contributed by atoms with Gasteiger partial charge in [0, 0.05) is 12.7 Å².